The van der Waals surface area contributed by atoms with Crippen molar-refractivity contribution in [1.82, 2.24) is 0 Å². The lowest BCUT2D eigenvalue weighted by molar-refractivity contribution is -0.119. The second kappa shape index (κ2) is 9.07. The van der Waals surface area contributed by atoms with E-state index in [2.05, 4.69) is 5.32 Å². The molecule has 7 nitrogen and oxygen atoms in total. The third-order valence-corrected chi connectivity index (χ3v) is 5.77. The van der Waals surface area contributed by atoms with Gasteiger partial charge >= 0.3 is 5.97 Å². The van der Waals surface area contributed by atoms with Crippen LogP contribution in [-0.2, 0) is 9.53 Å². The first kappa shape index (κ1) is 23.1. The van der Waals surface area contributed by atoms with Gasteiger partial charge in [-0.3, -0.25) is 14.4 Å². The Morgan fingerprint density at radius 3 is 2.47 bits per heavy atom. The summed E-state index contributed by atoms with van der Waals surface area (Å²) in [5, 5.41) is 2.27. The van der Waals surface area contributed by atoms with E-state index in [0.717, 1.165) is 22.1 Å². The van der Waals surface area contributed by atoms with Crippen molar-refractivity contribution in [3.05, 3.63) is 93.3 Å². The van der Waals surface area contributed by atoms with Crippen LogP contribution in [0.25, 0.3) is 0 Å². The van der Waals surface area contributed by atoms with Crippen molar-refractivity contribution in [2.24, 2.45) is 0 Å². The summed E-state index contributed by atoms with van der Waals surface area (Å²) in [7, 11) is 0. The molecular formula is C25H18ClFN2O5. The number of nitrogens with one attached hydrogen (secondary N) is 1. The number of nitrogens with zero attached hydrogens (tertiary/aromatic N) is 1. The normalized spacial score (nSPS) is 12.5. The molecule has 1 N–H and O–H groups in total. The summed E-state index contributed by atoms with van der Waals surface area (Å²) in [4.78, 5) is 51.5. The number of benzene rings is 3. The Hall–Kier alpha value is -4.04. The summed E-state index contributed by atoms with van der Waals surface area (Å²) in [5.74, 6) is -3.17. The quantitative estimate of drug-likeness (QED) is 0.422. The van der Waals surface area contributed by atoms with Crippen LogP contribution in [0.1, 0.15) is 42.2 Å². The van der Waals surface area contributed by atoms with Crippen LogP contribution >= 0.6 is 11.6 Å². The van der Waals surface area contributed by atoms with E-state index in [9.17, 15) is 23.6 Å². The molecule has 0 fully saturated rings. The van der Waals surface area contributed by atoms with Crippen molar-refractivity contribution in [3.63, 3.8) is 0 Å². The van der Waals surface area contributed by atoms with E-state index in [1.807, 2.05) is 19.9 Å². The Morgan fingerprint density at radius 1 is 1.00 bits per heavy atom. The van der Waals surface area contributed by atoms with Gasteiger partial charge in [-0.15, -0.1) is 0 Å². The van der Waals surface area contributed by atoms with Crippen molar-refractivity contribution >= 4 is 46.7 Å². The van der Waals surface area contributed by atoms with E-state index in [-0.39, 0.29) is 27.4 Å². The zero-order valence-electron chi connectivity index (χ0n) is 18.1. The monoisotopic (exact) mass is 480 g/mol. The average Bonchev–Trinajstić information content (AvgIpc) is 3.06. The van der Waals surface area contributed by atoms with E-state index >= 15 is 0 Å². The number of carbonyl (C=O) groups is 4. The molecule has 1 heterocycles. The molecule has 0 bridgehead atoms. The number of ether oxygens (including phenoxy) is 1. The van der Waals surface area contributed by atoms with Gasteiger partial charge in [0.15, 0.2) is 6.61 Å². The van der Waals surface area contributed by atoms with E-state index in [4.69, 9.17) is 16.3 Å². The number of amides is 3. The van der Waals surface area contributed by atoms with E-state index in [1.165, 1.54) is 30.3 Å². The molecule has 0 saturated heterocycles. The third kappa shape index (κ3) is 4.27. The molecule has 0 spiro atoms. The highest BCUT2D eigenvalue weighted by molar-refractivity contribution is 6.35. The number of hydrogen-bond acceptors (Lipinski definition) is 5. The SMILES string of the molecule is Cc1cccc(N2C(=O)c3ccc(C(=O)OCC(=O)Nc4ccc(F)c(Cl)c4)cc3C2=O)c1C. The molecule has 1 aliphatic heterocycles. The molecule has 0 aliphatic carbocycles. The lowest BCUT2D eigenvalue weighted by Crippen LogP contribution is -2.30. The predicted octanol–water partition coefficient (Wildman–Crippen LogP) is 4.69. The summed E-state index contributed by atoms with van der Waals surface area (Å²) in [6.45, 7) is 3.08. The van der Waals surface area contributed by atoms with Gasteiger partial charge < -0.3 is 10.1 Å². The molecule has 172 valence electrons. The summed E-state index contributed by atoms with van der Waals surface area (Å²) in [5.41, 5.74) is 2.71. The van der Waals surface area contributed by atoms with Crippen LogP contribution in [0.2, 0.25) is 5.02 Å². The first-order valence-electron chi connectivity index (χ1n) is 10.2. The molecule has 0 unspecified atom stereocenters. The highest BCUT2D eigenvalue weighted by Crippen LogP contribution is 2.32. The molecule has 0 aromatic heterocycles. The molecule has 4 rings (SSSR count). The zero-order chi connectivity index (χ0) is 24.6. The largest absolute Gasteiger partial charge is 0.452 e. The second-order valence-electron chi connectivity index (χ2n) is 7.68. The number of carbonyl (C=O) groups excluding carboxylic acids is 4. The van der Waals surface area contributed by atoms with Crippen LogP contribution in [0.4, 0.5) is 15.8 Å². The molecule has 0 radical (unpaired) electrons. The number of rotatable bonds is 5. The van der Waals surface area contributed by atoms with Crippen LogP contribution in [0.5, 0.6) is 0 Å². The number of hydrogen-bond donors (Lipinski definition) is 1. The standard InChI is InChI=1S/C25H18ClFN2O5/c1-13-4-3-5-21(14(13)2)29-23(31)17-8-6-15(10-18(17)24(29)32)25(33)34-12-22(30)28-16-7-9-20(27)19(26)11-16/h3-11H,12H2,1-2H3,(H,28,30). The molecule has 34 heavy (non-hydrogen) atoms. The van der Waals surface area contributed by atoms with Crippen LogP contribution < -0.4 is 10.2 Å². The van der Waals surface area contributed by atoms with Gasteiger partial charge in [-0.05, 0) is 67.4 Å². The Labute approximate surface area is 199 Å². The van der Waals surface area contributed by atoms with E-state index in [1.54, 1.807) is 12.1 Å². The van der Waals surface area contributed by atoms with Crippen LogP contribution in [0.15, 0.2) is 54.6 Å². The summed E-state index contributed by atoms with van der Waals surface area (Å²) in [6, 6.07) is 13.0. The average molecular weight is 481 g/mol. The van der Waals surface area contributed by atoms with Gasteiger partial charge in [0.2, 0.25) is 0 Å². The smallest absolute Gasteiger partial charge is 0.338 e. The molecule has 0 saturated carbocycles. The first-order valence-corrected chi connectivity index (χ1v) is 10.6. The first-order chi connectivity index (χ1) is 16.2. The Balaban J connectivity index is 1.47. The molecule has 9 heteroatoms. The summed E-state index contributed by atoms with van der Waals surface area (Å²) >= 11 is 5.67. The van der Waals surface area contributed by atoms with Gasteiger partial charge in [0.05, 0.1) is 27.4 Å². The summed E-state index contributed by atoms with van der Waals surface area (Å²) in [6.07, 6.45) is 0. The highest BCUT2D eigenvalue weighted by atomic mass is 35.5. The van der Waals surface area contributed by atoms with Crippen molar-refractivity contribution in [1.29, 1.82) is 0 Å². The minimum Gasteiger partial charge on any atom is -0.452 e. The maximum Gasteiger partial charge on any atom is 0.338 e. The molecular weight excluding hydrogens is 463 g/mol. The van der Waals surface area contributed by atoms with Crippen molar-refractivity contribution in [2.75, 3.05) is 16.8 Å². The van der Waals surface area contributed by atoms with Crippen molar-refractivity contribution in [2.45, 2.75) is 13.8 Å². The third-order valence-electron chi connectivity index (χ3n) is 5.48. The van der Waals surface area contributed by atoms with Gasteiger partial charge in [-0.1, -0.05) is 23.7 Å². The molecule has 3 amide bonds. The minimum atomic E-state index is -0.847. The Morgan fingerprint density at radius 2 is 1.74 bits per heavy atom. The zero-order valence-corrected chi connectivity index (χ0v) is 18.9. The Kier molecular flexibility index (Phi) is 6.17. The van der Waals surface area contributed by atoms with E-state index in [0.29, 0.717) is 5.69 Å². The topological polar surface area (TPSA) is 92.8 Å². The van der Waals surface area contributed by atoms with Gasteiger partial charge in [0.1, 0.15) is 5.82 Å². The van der Waals surface area contributed by atoms with Crippen molar-refractivity contribution in [3.8, 4) is 0 Å². The number of halogens is 2. The fourth-order valence-electron chi connectivity index (χ4n) is 3.55. The van der Waals surface area contributed by atoms with Gasteiger partial charge in [-0.25, -0.2) is 14.1 Å². The number of imide groups is 1. The highest BCUT2D eigenvalue weighted by Gasteiger charge is 2.38. The van der Waals surface area contributed by atoms with Gasteiger partial charge in [0.25, 0.3) is 17.7 Å². The molecule has 3 aromatic carbocycles. The maximum atomic E-state index is 13.2. The molecule has 0 atom stereocenters. The fourth-order valence-corrected chi connectivity index (χ4v) is 3.73. The lowest BCUT2D eigenvalue weighted by Gasteiger charge is -2.17. The minimum absolute atomic E-state index is 0.0142. The van der Waals surface area contributed by atoms with Gasteiger partial charge in [0, 0.05) is 5.69 Å². The molecule has 1 aliphatic rings. The number of anilines is 2. The molecule has 3 aromatic rings. The lowest BCUT2D eigenvalue weighted by atomic mass is 10.1. The second-order valence-corrected chi connectivity index (χ2v) is 8.09. The van der Waals surface area contributed by atoms with Crippen LogP contribution in [0, 0.1) is 19.7 Å². The van der Waals surface area contributed by atoms with Gasteiger partial charge in [-0.2, -0.15) is 0 Å². The number of fused-ring (bicyclic) bond motifs is 1. The fraction of sp³-hybridized carbons (Fsp3) is 0.120. The summed E-state index contributed by atoms with van der Waals surface area (Å²) < 4.78 is 18.2. The number of esters is 1. The maximum absolute atomic E-state index is 13.2. The van der Waals surface area contributed by atoms with Crippen molar-refractivity contribution < 1.29 is 28.3 Å². The van der Waals surface area contributed by atoms with Crippen LogP contribution in [0.3, 0.4) is 0 Å². The number of aryl methyl sites for hydroxylation is 1. The van der Waals surface area contributed by atoms with E-state index < -0.39 is 36.1 Å². The Bertz CT molecular complexity index is 1370. The van der Waals surface area contributed by atoms with Crippen LogP contribution in [-0.4, -0.2) is 30.3 Å². The predicted molar refractivity (Wildman–Crippen MR) is 124 cm³/mol.